The fourth-order valence-corrected chi connectivity index (χ4v) is 1.85. The van der Waals surface area contributed by atoms with Crippen LogP contribution in [0.25, 0.3) is 5.57 Å². The number of hydrogen-bond donors (Lipinski definition) is 1. The number of carbonyl (C=O) groups is 1. The normalized spacial score (nSPS) is 12.6. The van der Waals surface area contributed by atoms with Crippen LogP contribution in [-0.2, 0) is 0 Å². The van der Waals surface area contributed by atoms with Gasteiger partial charge in [-0.05, 0) is 35.1 Å². The van der Waals surface area contributed by atoms with Gasteiger partial charge in [-0.2, -0.15) is 0 Å². The summed E-state index contributed by atoms with van der Waals surface area (Å²) in [4.78, 5) is 10.8. The zero-order chi connectivity index (χ0) is 13.1. The van der Waals surface area contributed by atoms with Gasteiger partial charge in [0, 0.05) is 0 Å². The van der Waals surface area contributed by atoms with Crippen LogP contribution in [0.3, 0.4) is 0 Å². The number of carboxylic acid groups (broad SMARTS) is 1. The number of aromatic carboxylic acids is 1. The van der Waals surface area contributed by atoms with E-state index in [9.17, 15) is 4.79 Å². The third-order valence-electron chi connectivity index (χ3n) is 2.66. The number of benzene rings is 1. The van der Waals surface area contributed by atoms with Crippen LogP contribution >= 0.6 is 0 Å². The molecule has 0 aliphatic heterocycles. The Balaban J connectivity index is 3.13. The Labute approximate surface area is 103 Å². The zero-order valence-electron chi connectivity index (χ0n) is 10.9. The van der Waals surface area contributed by atoms with E-state index in [0.717, 1.165) is 12.0 Å². The van der Waals surface area contributed by atoms with Crippen LogP contribution in [0.2, 0.25) is 0 Å². The van der Waals surface area contributed by atoms with Gasteiger partial charge in [-0.3, -0.25) is 0 Å². The molecule has 1 aromatic carbocycles. The summed E-state index contributed by atoms with van der Waals surface area (Å²) in [5.74, 6) is -0.881. The van der Waals surface area contributed by atoms with Gasteiger partial charge in [0.2, 0.25) is 0 Å². The highest BCUT2D eigenvalue weighted by molar-refractivity contribution is 5.88. The lowest BCUT2D eigenvalue weighted by atomic mass is 9.81. The minimum absolute atomic E-state index is 0.0702. The summed E-state index contributed by atoms with van der Waals surface area (Å²) in [7, 11) is 0. The second kappa shape index (κ2) is 5.17. The van der Waals surface area contributed by atoms with Gasteiger partial charge < -0.3 is 5.11 Å². The van der Waals surface area contributed by atoms with Crippen molar-refractivity contribution in [3.63, 3.8) is 0 Å². The van der Waals surface area contributed by atoms with Crippen molar-refractivity contribution < 1.29 is 9.90 Å². The summed E-state index contributed by atoms with van der Waals surface area (Å²) in [6.45, 7) is 8.61. The zero-order valence-corrected chi connectivity index (χ0v) is 10.9. The average molecular weight is 232 g/mol. The van der Waals surface area contributed by atoms with E-state index in [-0.39, 0.29) is 5.41 Å². The SMILES string of the molecule is CCC=C(c1ccc(C(=O)O)cc1)C(C)(C)C. The molecular weight excluding hydrogens is 212 g/mol. The third-order valence-corrected chi connectivity index (χ3v) is 2.66. The minimum Gasteiger partial charge on any atom is -0.478 e. The Bertz CT molecular complexity index is 419. The lowest BCUT2D eigenvalue weighted by Gasteiger charge is -2.23. The average Bonchev–Trinajstić information content (AvgIpc) is 2.24. The number of allylic oxidation sites excluding steroid dienone is 2. The van der Waals surface area contributed by atoms with Crippen molar-refractivity contribution in [1.29, 1.82) is 0 Å². The highest BCUT2D eigenvalue weighted by atomic mass is 16.4. The first-order valence-electron chi connectivity index (χ1n) is 5.90. The number of hydrogen-bond acceptors (Lipinski definition) is 1. The van der Waals surface area contributed by atoms with Crippen LogP contribution in [0.15, 0.2) is 30.3 Å². The molecule has 0 atom stereocenters. The molecule has 0 amide bonds. The van der Waals surface area contributed by atoms with E-state index in [2.05, 4.69) is 33.8 Å². The summed E-state index contributed by atoms with van der Waals surface area (Å²) < 4.78 is 0. The monoisotopic (exact) mass is 232 g/mol. The first-order chi connectivity index (χ1) is 7.86. The van der Waals surface area contributed by atoms with Crippen LogP contribution < -0.4 is 0 Å². The lowest BCUT2D eigenvalue weighted by Crippen LogP contribution is -2.08. The summed E-state index contributed by atoms with van der Waals surface area (Å²) in [5, 5.41) is 8.86. The number of carboxylic acids is 1. The maximum atomic E-state index is 10.8. The van der Waals surface area contributed by atoms with Crippen LogP contribution in [0.4, 0.5) is 0 Å². The van der Waals surface area contributed by atoms with Gasteiger partial charge >= 0.3 is 5.97 Å². The van der Waals surface area contributed by atoms with Gasteiger partial charge in [0.1, 0.15) is 0 Å². The van der Waals surface area contributed by atoms with Gasteiger partial charge in [-0.25, -0.2) is 4.79 Å². The molecule has 17 heavy (non-hydrogen) atoms. The number of rotatable bonds is 3. The van der Waals surface area contributed by atoms with Gasteiger partial charge in [0.05, 0.1) is 5.56 Å². The summed E-state index contributed by atoms with van der Waals surface area (Å²) in [6.07, 6.45) is 3.18. The molecule has 0 spiro atoms. The Morgan fingerprint density at radius 2 is 1.65 bits per heavy atom. The van der Waals surface area contributed by atoms with Crippen molar-refractivity contribution in [3.05, 3.63) is 41.5 Å². The molecule has 0 saturated carbocycles. The molecule has 0 aromatic heterocycles. The van der Waals surface area contributed by atoms with Gasteiger partial charge in [-0.1, -0.05) is 45.9 Å². The quantitative estimate of drug-likeness (QED) is 0.847. The van der Waals surface area contributed by atoms with Gasteiger partial charge in [-0.15, -0.1) is 0 Å². The Morgan fingerprint density at radius 3 is 2.00 bits per heavy atom. The maximum absolute atomic E-state index is 10.8. The predicted octanol–water partition coefficient (Wildman–Crippen LogP) is 4.22. The van der Waals surface area contributed by atoms with Gasteiger partial charge in [0.25, 0.3) is 0 Å². The van der Waals surface area contributed by atoms with Crippen LogP contribution in [-0.4, -0.2) is 11.1 Å². The Hall–Kier alpha value is -1.57. The van der Waals surface area contributed by atoms with Gasteiger partial charge in [0.15, 0.2) is 0 Å². The molecule has 0 radical (unpaired) electrons. The molecule has 1 N–H and O–H groups in total. The second-order valence-corrected chi connectivity index (χ2v) is 5.16. The molecule has 1 rings (SSSR count). The van der Waals surface area contributed by atoms with E-state index < -0.39 is 5.97 Å². The van der Waals surface area contributed by atoms with Crippen molar-refractivity contribution in [2.24, 2.45) is 5.41 Å². The molecule has 0 bridgehead atoms. The standard InChI is InChI=1S/C15H20O2/c1-5-6-13(15(2,3)4)11-7-9-12(10-8-11)14(16)17/h6-10H,5H2,1-4H3,(H,16,17). The highest BCUT2D eigenvalue weighted by Gasteiger charge is 2.18. The van der Waals surface area contributed by atoms with Crippen molar-refractivity contribution in [1.82, 2.24) is 0 Å². The molecule has 0 heterocycles. The molecule has 0 unspecified atom stereocenters. The van der Waals surface area contributed by atoms with Crippen molar-refractivity contribution in [2.45, 2.75) is 34.1 Å². The van der Waals surface area contributed by atoms with Crippen LogP contribution in [0.1, 0.15) is 50.0 Å². The van der Waals surface area contributed by atoms with Crippen molar-refractivity contribution >= 4 is 11.5 Å². The molecule has 92 valence electrons. The smallest absolute Gasteiger partial charge is 0.335 e. The Morgan fingerprint density at radius 1 is 1.18 bits per heavy atom. The highest BCUT2D eigenvalue weighted by Crippen LogP contribution is 2.34. The maximum Gasteiger partial charge on any atom is 0.335 e. The molecule has 0 aliphatic carbocycles. The Kier molecular flexibility index (Phi) is 4.11. The third kappa shape index (κ3) is 3.45. The molecule has 2 heteroatoms. The van der Waals surface area contributed by atoms with Crippen LogP contribution in [0.5, 0.6) is 0 Å². The predicted molar refractivity (Wildman–Crippen MR) is 71.1 cm³/mol. The summed E-state index contributed by atoms with van der Waals surface area (Å²) >= 11 is 0. The fourth-order valence-electron chi connectivity index (χ4n) is 1.85. The first kappa shape index (κ1) is 13.5. The summed E-state index contributed by atoms with van der Waals surface area (Å²) in [5.41, 5.74) is 2.76. The van der Waals surface area contributed by atoms with E-state index in [1.807, 2.05) is 12.1 Å². The molecule has 0 aliphatic rings. The summed E-state index contributed by atoms with van der Waals surface area (Å²) in [6, 6.07) is 7.09. The lowest BCUT2D eigenvalue weighted by molar-refractivity contribution is 0.0697. The van der Waals surface area contributed by atoms with E-state index >= 15 is 0 Å². The first-order valence-corrected chi connectivity index (χ1v) is 5.90. The molecule has 1 aromatic rings. The van der Waals surface area contributed by atoms with E-state index in [4.69, 9.17) is 5.11 Å². The fraction of sp³-hybridized carbons (Fsp3) is 0.400. The van der Waals surface area contributed by atoms with Crippen molar-refractivity contribution in [3.8, 4) is 0 Å². The topological polar surface area (TPSA) is 37.3 Å². The second-order valence-electron chi connectivity index (χ2n) is 5.16. The molecule has 2 nitrogen and oxygen atoms in total. The van der Waals surface area contributed by atoms with E-state index in [1.165, 1.54) is 5.57 Å². The molecule has 0 saturated heterocycles. The van der Waals surface area contributed by atoms with E-state index in [0.29, 0.717) is 5.56 Å². The minimum atomic E-state index is -0.881. The van der Waals surface area contributed by atoms with E-state index in [1.54, 1.807) is 12.1 Å². The van der Waals surface area contributed by atoms with Crippen LogP contribution in [0, 0.1) is 5.41 Å². The molecular formula is C15H20O2. The largest absolute Gasteiger partial charge is 0.478 e. The molecule has 0 fully saturated rings. The van der Waals surface area contributed by atoms with Crippen molar-refractivity contribution in [2.75, 3.05) is 0 Å².